The van der Waals surface area contributed by atoms with Gasteiger partial charge in [-0.1, -0.05) is 25.3 Å². The molecule has 0 bridgehead atoms. The lowest BCUT2D eigenvalue weighted by Crippen LogP contribution is -2.39. The Morgan fingerprint density at radius 1 is 1.04 bits per heavy atom. The number of amides is 2. The number of methoxy groups -OCH3 is 2. The molecule has 1 aromatic carbocycles. The fourth-order valence-electron chi connectivity index (χ4n) is 3.12. The molecular weight excluding hydrogens is 320 g/mol. The van der Waals surface area contributed by atoms with Crippen LogP contribution in [-0.2, 0) is 16.0 Å². The number of nitrogens with one attached hydrogen (secondary N) is 2. The fourth-order valence-corrected chi connectivity index (χ4v) is 3.12. The molecule has 1 aromatic rings. The van der Waals surface area contributed by atoms with Crippen molar-refractivity contribution in [2.24, 2.45) is 0 Å². The highest BCUT2D eigenvalue weighted by Crippen LogP contribution is 2.27. The second kappa shape index (κ2) is 9.91. The Hall–Kier alpha value is -2.24. The Morgan fingerprint density at radius 3 is 2.44 bits per heavy atom. The topological polar surface area (TPSA) is 76.7 Å². The van der Waals surface area contributed by atoms with Gasteiger partial charge in [0.25, 0.3) is 0 Å². The summed E-state index contributed by atoms with van der Waals surface area (Å²) in [5.41, 5.74) is 1.03. The molecule has 138 valence electrons. The molecule has 0 saturated heterocycles. The van der Waals surface area contributed by atoms with E-state index in [1.54, 1.807) is 14.2 Å². The molecule has 0 heterocycles. The minimum absolute atomic E-state index is 0.109. The van der Waals surface area contributed by atoms with E-state index in [1.807, 2.05) is 18.2 Å². The summed E-state index contributed by atoms with van der Waals surface area (Å²) in [6, 6.07) is 5.90. The summed E-state index contributed by atoms with van der Waals surface area (Å²) in [6.07, 6.45) is 6.14. The number of hydrogen-bond acceptors (Lipinski definition) is 4. The van der Waals surface area contributed by atoms with Crippen molar-refractivity contribution in [3.63, 3.8) is 0 Å². The highest BCUT2D eigenvalue weighted by molar-refractivity contribution is 5.96. The predicted octanol–water partition coefficient (Wildman–Crippen LogP) is 2.20. The molecule has 1 aliphatic rings. The largest absolute Gasteiger partial charge is 0.493 e. The van der Waals surface area contributed by atoms with E-state index in [2.05, 4.69) is 10.6 Å². The molecule has 1 aliphatic carbocycles. The van der Waals surface area contributed by atoms with E-state index in [0.29, 0.717) is 24.5 Å². The Kier molecular flexibility index (Phi) is 7.57. The number of hydrogen-bond donors (Lipinski definition) is 2. The highest BCUT2D eigenvalue weighted by atomic mass is 16.5. The van der Waals surface area contributed by atoms with E-state index in [-0.39, 0.29) is 24.3 Å². The summed E-state index contributed by atoms with van der Waals surface area (Å²) in [7, 11) is 3.18. The molecule has 6 nitrogen and oxygen atoms in total. The zero-order valence-corrected chi connectivity index (χ0v) is 15.1. The minimum Gasteiger partial charge on any atom is -0.493 e. The molecule has 25 heavy (non-hydrogen) atoms. The normalized spacial score (nSPS) is 14.6. The van der Waals surface area contributed by atoms with Gasteiger partial charge in [0.2, 0.25) is 11.8 Å². The molecule has 2 N–H and O–H groups in total. The monoisotopic (exact) mass is 348 g/mol. The third kappa shape index (κ3) is 6.29. The second-order valence-corrected chi connectivity index (χ2v) is 6.37. The van der Waals surface area contributed by atoms with Gasteiger partial charge in [-0.05, 0) is 37.0 Å². The Labute approximate surface area is 149 Å². The first-order chi connectivity index (χ1) is 12.1. The molecule has 0 atom stereocenters. The summed E-state index contributed by atoms with van der Waals surface area (Å²) >= 11 is 0. The first-order valence-corrected chi connectivity index (χ1v) is 8.89. The smallest absolute Gasteiger partial charge is 0.229 e. The van der Waals surface area contributed by atoms with Gasteiger partial charge in [-0.3, -0.25) is 9.59 Å². The summed E-state index contributed by atoms with van der Waals surface area (Å²) in [5, 5.41) is 5.75. The van der Waals surface area contributed by atoms with Crippen molar-refractivity contribution in [3.8, 4) is 11.5 Å². The van der Waals surface area contributed by atoms with Crippen LogP contribution in [0.25, 0.3) is 0 Å². The van der Waals surface area contributed by atoms with Crippen LogP contribution >= 0.6 is 0 Å². The Balaban J connectivity index is 1.70. The van der Waals surface area contributed by atoms with E-state index < -0.39 is 0 Å². The quantitative estimate of drug-likeness (QED) is 0.706. The predicted molar refractivity (Wildman–Crippen MR) is 95.9 cm³/mol. The summed E-state index contributed by atoms with van der Waals surface area (Å²) in [5.74, 6) is 0.914. The van der Waals surface area contributed by atoms with Crippen LogP contribution in [0.2, 0.25) is 0 Å². The van der Waals surface area contributed by atoms with Crippen molar-refractivity contribution in [2.45, 2.75) is 51.0 Å². The molecular formula is C19H28N2O4. The SMILES string of the molecule is COc1ccc(CCNC(=O)CC(=O)NC2CCCCC2)cc1OC. The first-order valence-electron chi connectivity index (χ1n) is 8.89. The van der Waals surface area contributed by atoms with Gasteiger partial charge in [0.05, 0.1) is 14.2 Å². The van der Waals surface area contributed by atoms with Crippen LogP contribution < -0.4 is 20.1 Å². The third-order valence-electron chi connectivity index (χ3n) is 4.48. The minimum atomic E-state index is -0.242. The summed E-state index contributed by atoms with van der Waals surface area (Å²) < 4.78 is 10.5. The van der Waals surface area contributed by atoms with Crippen molar-refractivity contribution in [3.05, 3.63) is 23.8 Å². The molecule has 1 fully saturated rings. The number of rotatable bonds is 8. The maximum Gasteiger partial charge on any atom is 0.229 e. The van der Waals surface area contributed by atoms with E-state index in [4.69, 9.17) is 9.47 Å². The van der Waals surface area contributed by atoms with Gasteiger partial charge >= 0.3 is 0 Å². The van der Waals surface area contributed by atoms with Crippen LogP contribution in [0.4, 0.5) is 0 Å². The maximum absolute atomic E-state index is 11.9. The molecule has 2 rings (SSSR count). The molecule has 2 amide bonds. The van der Waals surface area contributed by atoms with E-state index in [0.717, 1.165) is 31.2 Å². The Morgan fingerprint density at radius 2 is 1.76 bits per heavy atom. The van der Waals surface area contributed by atoms with E-state index in [9.17, 15) is 9.59 Å². The zero-order valence-electron chi connectivity index (χ0n) is 15.1. The number of ether oxygens (including phenoxy) is 2. The second-order valence-electron chi connectivity index (χ2n) is 6.37. The summed E-state index contributed by atoms with van der Waals surface area (Å²) in [4.78, 5) is 23.8. The van der Waals surface area contributed by atoms with Gasteiger partial charge in [-0.15, -0.1) is 0 Å². The number of carbonyl (C=O) groups is 2. The van der Waals surface area contributed by atoms with Gasteiger partial charge in [0.1, 0.15) is 6.42 Å². The van der Waals surface area contributed by atoms with Gasteiger partial charge < -0.3 is 20.1 Å². The first kappa shape index (κ1) is 19.1. The molecule has 1 saturated carbocycles. The van der Waals surface area contributed by atoms with Crippen LogP contribution in [0.15, 0.2) is 18.2 Å². The Bertz CT molecular complexity index is 583. The molecule has 6 heteroatoms. The van der Waals surface area contributed by atoms with Crippen LogP contribution in [-0.4, -0.2) is 38.6 Å². The molecule has 0 aromatic heterocycles. The fraction of sp³-hybridized carbons (Fsp3) is 0.579. The highest BCUT2D eigenvalue weighted by Gasteiger charge is 2.17. The van der Waals surface area contributed by atoms with Gasteiger partial charge in [-0.25, -0.2) is 0 Å². The van der Waals surface area contributed by atoms with Gasteiger partial charge in [0, 0.05) is 12.6 Å². The standard InChI is InChI=1S/C19H28N2O4/c1-24-16-9-8-14(12-17(16)25-2)10-11-20-18(22)13-19(23)21-15-6-4-3-5-7-15/h8-9,12,15H,3-7,10-11,13H2,1-2H3,(H,20,22)(H,21,23). The zero-order chi connectivity index (χ0) is 18.1. The average molecular weight is 348 g/mol. The number of benzene rings is 1. The van der Waals surface area contributed by atoms with Crippen LogP contribution in [0.5, 0.6) is 11.5 Å². The van der Waals surface area contributed by atoms with Crippen molar-refractivity contribution >= 4 is 11.8 Å². The summed E-state index contributed by atoms with van der Waals surface area (Å²) in [6.45, 7) is 0.477. The van der Waals surface area contributed by atoms with Crippen LogP contribution in [0, 0.1) is 0 Å². The van der Waals surface area contributed by atoms with Crippen molar-refractivity contribution < 1.29 is 19.1 Å². The van der Waals surface area contributed by atoms with Crippen molar-refractivity contribution in [1.29, 1.82) is 0 Å². The lowest BCUT2D eigenvalue weighted by Gasteiger charge is -2.22. The van der Waals surface area contributed by atoms with Gasteiger partial charge in [0.15, 0.2) is 11.5 Å². The van der Waals surface area contributed by atoms with Crippen LogP contribution in [0.3, 0.4) is 0 Å². The maximum atomic E-state index is 11.9. The lowest BCUT2D eigenvalue weighted by molar-refractivity contribution is -0.129. The molecule has 0 spiro atoms. The van der Waals surface area contributed by atoms with Crippen LogP contribution in [0.1, 0.15) is 44.1 Å². The van der Waals surface area contributed by atoms with E-state index >= 15 is 0 Å². The molecule has 0 aliphatic heterocycles. The third-order valence-corrected chi connectivity index (χ3v) is 4.48. The average Bonchev–Trinajstić information content (AvgIpc) is 2.62. The molecule has 0 radical (unpaired) electrons. The van der Waals surface area contributed by atoms with E-state index in [1.165, 1.54) is 6.42 Å². The number of carbonyl (C=O) groups excluding carboxylic acids is 2. The van der Waals surface area contributed by atoms with Crippen molar-refractivity contribution in [2.75, 3.05) is 20.8 Å². The molecule has 0 unspecified atom stereocenters. The van der Waals surface area contributed by atoms with Crippen molar-refractivity contribution in [1.82, 2.24) is 10.6 Å². The lowest BCUT2D eigenvalue weighted by atomic mass is 9.95. The van der Waals surface area contributed by atoms with Gasteiger partial charge in [-0.2, -0.15) is 0 Å².